The van der Waals surface area contributed by atoms with E-state index in [4.69, 9.17) is 21.4 Å². The van der Waals surface area contributed by atoms with Crippen LogP contribution in [0.3, 0.4) is 0 Å². The summed E-state index contributed by atoms with van der Waals surface area (Å²) < 4.78 is 20.8. The summed E-state index contributed by atoms with van der Waals surface area (Å²) in [4.78, 5) is 27.7. The second-order valence-electron chi connectivity index (χ2n) is 9.92. The van der Waals surface area contributed by atoms with Crippen LogP contribution in [0.5, 0.6) is 5.75 Å². The lowest BCUT2D eigenvalue weighted by Crippen LogP contribution is -2.28. The van der Waals surface area contributed by atoms with E-state index >= 15 is 0 Å². The van der Waals surface area contributed by atoms with Gasteiger partial charge in [-0.15, -0.1) is 21.5 Å². The Bertz CT molecular complexity index is 1860. The number of para-hydroxylation sites is 1. The summed E-state index contributed by atoms with van der Waals surface area (Å²) in [6, 6.07) is 23.7. The van der Waals surface area contributed by atoms with Crippen LogP contribution >= 0.6 is 34.7 Å². The number of nitrogens with zero attached hydrogens (tertiary/aromatic N) is 5. The maximum atomic E-state index is 13.7. The number of thioether (sulfide) groups is 1. The fourth-order valence-electron chi connectivity index (χ4n) is 4.94. The third-order valence-corrected chi connectivity index (χ3v) is 9.14. The second kappa shape index (κ2) is 13.6. The Kier molecular flexibility index (Phi) is 9.24. The van der Waals surface area contributed by atoms with E-state index in [1.807, 2.05) is 23.6 Å². The molecule has 0 saturated heterocycles. The van der Waals surface area contributed by atoms with Gasteiger partial charge in [0.15, 0.2) is 11.0 Å². The molecule has 3 aromatic carbocycles. The van der Waals surface area contributed by atoms with Crippen molar-refractivity contribution in [2.45, 2.75) is 24.2 Å². The fourth-order valence-corrected chi connectivity index (χ4v) is 6.67. The van der Waals surface area contributed by atoms with Crippen molar-refractivity contribution in [2.75, 3.05) is 12.9 Å². The lowest BCUT2D eigenvalue weighted by atomic mass is 10.0. The Labute approximate surface area is 271 Å². The quantitative estimate of drug-likeness (QED) is 0.171. The van der Waals surface area contributed by atoms with Crippen molar-refractivity contribution < 1.29 is 18.7 Å². The molecule has 228 valence electrons. The number of amides is 2. The molecule has 13 heteroatoms. The van der Waals surface area contributed by atoms with Crippen molar-refractivity contribution in [1.29, 1.82) is 0 Å². The number of hydrogen-bond acceptors (Lipinski definition) is 8. The number of hydrogen-bond donors (Lipinski definition) is 1. The summed E-state index contributed by atoms with van der Waals surface area (Å²) >= 11 is 9.06. The van der Waals surface area contributed by atoms with Gasteiger partial charge in [0.25, 0.3) is 11.8 Å². The summed E-state index contributed by atoms with van der Waals surface area (Å²) in [7, 11) is 1.50. The van der Waals surface area contributed by atoms with Crippen molar-refractivity contribution in [3.05, 3.63) is 123 Å². The van der Waals surface area contributed by atoms with Gasteiger partial charge in [0.2, 0.25) is 0 Å². The van der Waals surface area contributed by atoms with Crippen LogP contribution < -0.4 is 10.1 Å². The summed E-state index contributed by atoms with van der Waals surface area (Å²) in [5.74, 6) is -0.0265. The highest BCUT2D eigenvalue weighted by Crippen LogP contribution is 2.35. The predicted octanol–water partition coefficient (Wildman–Crippen LogP) is 6.53. The normalized spacial score (nSPS) is 14.3. The number of ether oxygens (including phenoxy) is 1. The van der Waals surface area contributed by atoms with E-state index in [9.17, 15) is 14.0 Å². The maximum Gasteiger partial charge on any atom is 0.255 e. The molecule has 0 bridgehead atoms. The molecule has 1 aliphatic heterocycles. The molecule has 0 spiro atoms. The molecule has 0 fully saturated rings. The van der Waals surface area contributed by atoms with Crippen molar-refractivity contribution in [3.63, 3.8) is 0 Å². The number of rotatable bonds is 10. The summed E-state index contributed by atoms with van der Waals surface area (Å²) in [5.41, 5.74) is 2.65. The number of nitrogens with one attached hydrogen (secondary N) is 1. The van der Waals surface area contributed by atoms with Gasteiger partial charge in [-0.25, -0.2) is 9.40 Å². The third-order valence-electron chi connectivity index (χ3n) is 7.08. The molecule has 2 amide bonds. The van der Waals surface area contributed by atoms with Gasteiger partial charge in [-0.3, -0.25) is 14.2 Å². The van der Waals surface area contributed by atoms with E-state index in [2.05, 4.69) is 15.5 Å². The molecular weight excluding hydrogens is 635 g/mol. The number of carbonyl (C=O) groups is 2. The molecule has 1 N–H and O–H groups in total. The van der Waals surface area contributed by atoms with Crippen molar-refractivity contribution in [1.82, 2.24) is 25.1 Å². The SMILES string of the molecule is COc1ccccc1C(=O)NCc1nnc(SCC(=O)N2N=C(c3cccs3)CC2c2ccc(F)cc2)n1-c1cccc(Cl)c1. The molecular formula is C32H26ClFN6O3S2. The third kappa shape index (κ3) is 6.77. The zero-order chi connectivity index (χ0) is 31.3. The highest BCUT2D eigenvalue weighted by molar-refractivity contribution is 7.99. The van der Waals surface area contributed by atoms with E-state index < -0.39 is 0 Å². The van der Waals surface area contributed by atoms with Crippen LogP contribution in [0.25, 0.3) is 5.69 Å². The maximum absolute atomic E-state index is 13.7. The Hall–Kier alpha value is -4.52. The fraction of sp³-hybridized carbons (Fsp3) is 0.156. The number of benzene rings is 3. The van der Waals surface area contributed by atoms with Crippen LogP contribution in [0.1, 0.15) is 39.1 Å². The lowest BCUT2D eigenvalue weighted by Gasteiger charge is -2.22. The zero-order valence-electron chi connectivity index (χ0n) is 23.9. The van der Waals surface area contributed by atoms with Crippen LogP contribution in [0.4, 0.5) is 4.39 Å². The van der Waals surface area contributed by atoms with E-state index in [1.54, 1.807) is 70.5 Å². The lowest BCUT2D eigenvalue weighted by molar-refractivity contribution is -0.130. The Morgan fingerprint density at radius 2 is 1.89 bits per heavy atom. The van der Waals surface area contributed by atoms with E-state index in [0.29, 0.717) is 39.4 Å². The number of hydrazone groups is 1. The van der Waals surface area contributed by atoms with Gasteiger partial charge in [0, 0.05) is 11.4 Å². The monoisotopic (exact) mass is 660 g/mol. The molecule has 1 aliphatic rings. The average molecular weight is 661 g/mol. The van der Waals surface area contributed by atoms with Crippen molar-refractivity contribution >= 4 is 52.2 Å². The largest absolute Gasteiger partial charge is 0.496 e. The van der Waals surface area contributed by atoms with Gasteiger partial charge >= 0.3 is 0 Å². The first-order chi connectivity index (χ1) is 21.9. The van der Waals surface area contributed by atoms with Crippen molar-refractivity contribution in [3.8, 4) is 11.4 Å². The van der Waals surface area contributed by atoms with Crippen LogP contribution in [-0.2, 0) is 11.3 Å². The number of aromatic nitrogens is 3. The summed E-state index contributed by atoms with van der Waals surface area (Å²) in [6.45, 7) is 0.0537. The van der Waals surface area contributed by atoms with Crippen LogP contribution in [0.2, 0.25) is 5.02 Å². The number of carbonyl (C=O) groups excluding carboxylic acids is 2. The highest BCUT2D eigenvalue weighted by Gasteiger charge is 2.33. The molecule has 1 atom stereocenters. The van der Waals surface area contributed by atoms with E-state index in [-0.39, 0.29) is 36.0 Å². The number of methoxy groups -OCH3 is 1. The Morgan fingerprint density at radius 3 is 2.64 bits per heavy atom. The molecule has 2 aromatic heterocycles. The van der Waals surface area contributed by atoms with Gasteiger partial charge in [-0.1, -0.05) is 59.8 Å². The molecule has 0 saturated carbocycles. The first-order valence-electron chi connectivity index (χ1n) is 13.8. The predicted molar refractivity (Wildman–Crippen MR) is 173 cm³/mol. The minimum absolute atomic E-state index is 0.00515. The molecule has 5 aromatic rings. The van der Waals surface area contributed by atoms with Gasteiger partial charge in [-0.05, 0) is 59.5 Å². The summed E-state index contributed by atoms with van der Waals surface area (Å²) in [6.07, 6.45) is 0.511. The second-order valence-corrected chi connectivity index (χ2v) is 12.2. The minimum Gasteiger partial charge on any atom is -0.496 e. The standard InChI is InChI=1S/C32H26ClFN6O3S2/c1-43-27-9-3-2-8-24(27)31(42)35-18-29-36-37-32(39(29)23-7-4-6-21(33)16-23)45-19-30(41)40-26(20-11-13-22(34)14-12-20)17-25(38-40)28-10-5-15-44-28/h2-16,26H,17-19H2,1H3,(H,35,42). The van der Waals surface area contributed by atoms with Crippen LogP contribution in [0.15, 0.2) is 101 Å². The topological polar surface area (TPSA) is 102 Å². The molecule has 9 nitrogen and oxygen atoms in total. The number of thiophene rings is 1. The Balaban J connectivity index is 1.24. The number of halogens is 2. The average Bonchev–Trinajstić information content (AvgIpc) is 3.83. The summed E-state index contributed by atoms with van der Waals surface area (Å²) in [5, 5.41) is 20.7. The van der Waals surface area contributed by atoms with Crippen molar-refractivity contribution in [2.24, 2.45) is 5.10 Å². The molecule has 0 aliphatic carbocycles. The first kappa shape index (κ1) is 30.5. The van der Waals surface area contributed by atoms with Gasteiger partial charge in [0.1, 0.15) is 11.6 Å². The smallest absolute Gasteiger partial charge is 0.255 e. The molecule has 6 rings (SSSR count). The van der Waals surface area contributed by atoms with Gasteiger partial charge < -0.3 is 10.1 Å². The van der Waals surface area contributed by atoms with E-state index in [1.165, 1.54) is 36.0 Å². The van der Waals surface area contributed by atoms with Crippen LogP contribution in [0, 0.1) is 5.82 Å². The van der Waals surface area contributed by atoms with Gasteiger partial charge in [-0.2, -0.15) is 5.10 Å². The molecule has 3 heterocycles. The highest BCUT2D eigenvalue weighted by atomic mass is 35.5. The van der Waals surface area contributed by atoms with Gasteiger partial charge in [0.05, 0.1) is 47.3 Å². The zero-order valence-corrected chi connectivity index (χ0v) is 26.3. The molecule has 45 heavy (non-hydrogen) atoms. The Morgan fingerprint density at radius 1 is 1.07 bits per heavy atom. The van der Waals surface area contributed by atoms with E-state index in [0.717, 1.165) is 16.2 Å². The van der Waals surface area contributed by atoms with Crippen LogP contribution in [-0.4, -0.2) is 50.2 Å². The molecule has 1 unspecified atom stereocenters. The first-order valence-corrected chi connectivity index (χ1v) is 16.1. The minimum atomic E-state index is -0.373. The molecule has 0 radical (unpaired) electrons.